The first-order valence-electron chi connectivity index (χ1n) is 4.55. The maximum atomic E-state index is 11.6. The Labute approximate surface area is 96.5 Å². The molecule has 1 aromatic carbocycles. The Kier molecular flexibility index (Phi) is 2.62. The van der Waals surface area contributed by atoms with Gasteiger partial charge in [0.05, 0.1) is 5.69 Å². The number of hydrogen-bond acceptors (Lipinski definition) is 4. The van der Waals surface area contributed by atoms with Crippen LogP contribution in [-0.4, -0.2) is 14.5 Å². The van der Waals surface area contributed by atoms with Gasteiger partial charge in [-0.15, -0.1) is 0 Å². The van der Waals surface area contributed by atoms with Crippen LogP contribution < -0.4 is 11.4 Å². The fourth-order valence-electron chi connectivity index (χ4n) is 1.40. The molecule has 0 aliphatic rings. The number of hydrogen-bond donors (Lipinski definition) is 1. The fourth-order valence-corrected chi connectivity index (χ4v) is 1.63. The highest BCUT2D eigenvalue weighted by Gasteiger charge is 2.05. The van der Waals surface area contributed by atoms with E-state index in [4.69, 9.17) is 17.3 Å². The van der Waals surface area contributed by atoms with Gasteiger partial charge in [0.2, 0.25) is 5.95 Å². The summed E-state index contributed by atoms with van der Waals surface area (Å²) >= 11 is 5.83. The van der Waals surface area contributed by atoms with Crippen molar-refractivity contribution in [2.24, 2.45) is 0 Å². The minimum Gasteiger partial charge on any atom is -0.368 e. The molecular formula is C10H9ClN4O. The number of aryl methyl sites for hydroxylation is 1. The molecule has 1 aromatic heterocycles. The Bertz CT molecular complexity index is 594. The lowest BCUT2D eigenvalue weighted by atomic mass is 10.2. The zero-order chi connectivity index (χ0) is 11.7. The summed E-state index contributed by atoms with van der Waals surface area (Å²) in [6.45, 7) is 1.85. The number of nitrogen functional groups attached to an aromatic ring is 1. The first kappa shape index (κ1) is 10.6. The van der Waals surface area contributed by atoms with Gasteiger partial charge in [0.25, 0.3) is 0 Å². The van der Waals surface area contributed by atoms with Crippen LogP contribution in [0.15, 0.2) is 29.3 Å². The highest BCUT2D eigenvalue weighted by molar-refractivity contribution is 6.30. The van der Waals surface area contributed by atoms with E-state index in [1.54, 1.807) is 18.2 Å². The number of aromatic nitrogens is 3. The summed E-state index contributed by atoms with van der Waals surface area (Å²) in [4.78, 5) is 18.9. The van der Waals surface area contributed by atoms with Gasteiger partial charge in [0.1, 0.15) is 6.33 Å². The lowest BCUT2D eigenvalue weighted by Crippen LogP contribution is -2.23. The summed E-state index contributed by atoms with van der Waals surface area (Å²) in [5.41, 5.74) is 6.40. The van der Waals surface area contributed by atoms with Crippen molar-refractivity contribution in [1.82, 2.24) is 14.5 Å². The molecule has 2 aromatic rings. The Morgan fingerprint density at radius 3 is 2.81 bits per heavy atom. The van der Waals surface area contributed by atoms with Gasteiger partial charge >= 0.3 is 5.69 Å². The molecule has 6 heteroatoms. The Morgan fingerprint density at radius 2 is 2.19 bits per heavy atom. The van der Waals surface area contributed by atoms with E-state index in [1.807, 2.05) is 6.92 Å². The molecule has 0 spiro atoms. The molecule has 16 heavy (non-hydrogen) atoms. The number of benzene rings is 1. The second-order valence-electron chi connectivity index (χ2n) is 3.30. The second kappa shape index (κ2) is 3.94. The van der Waals surface area contributed by atoms with Crippen molar-refractivity contribution in [3.63, 3.8) is 0 Å². The van der Waals surface area contributed by atoms with E-state index in [-0.39, 0.29) is 5.95 Å². The summed E-state index contributed by atoms with van der Waals surface area (Å²) < 4.78 is 1.32. The molecule has 0 atom stereocenters. The monoisotopic (exact) mass is 236 g/mol. The quantitative estimate of drug-likeness (QED) is 0.807. The molecule has 2 rings (SSSR count). The maximum Gasteiger partial charge on any atom is 0.356 e. The minimum absolute atomic E-state index is 0.0344. The van der Waals surface area contributed by atoms with Crippen LogP contribution in [-0.2, 0) is 0 Å². The summed E-state index contributed by atoms with van der Waals surface area (Å²) in [5, 5.41) is 0.616. The molecule has 82 valence electrons. The zero-order valence-corrected chi connectivity index (χ0v) is 9.27. The van der Waals surface area contributed by atoms with Crippen LogP contribution in [0, 0.1) is 6.92 Å². The minimum atomic E-state index is -0.460. The van der Waals surface area contributed by atoms with Gasteiger partial charge in [-0.25, -0.2) is 9.78 Å². The highest BCUT2D eigenvalue weighted by atomic mass is 35.5. The average molecular weight is 237 g/mol. The van der Waals surface area contributed by atoms with Crippen molar-refractivity contribution in [3.8, 4) is 5.69 Å². The van der Waals surface area contributed by atoms with Crippen LogP contribution in [0.2, 0.25) is 5.02 Å². The molecule has 0 radical (unpaired) electrons. The van der Waals surface area contributed by atoms with Gasteiger partial charge in [-0.3, -0.25) is 4.57 Å². The molecule has 0 saturated carbocycles. The van der Waals surface area contributed by atoms with Gasteiger partial charge in [0.15, 0.2) is 0 Å². The van der Waals surface area contributed by atoms with E-state index >= 15 is 0 Å². The molecule has 1 heterocycles. The highest BCUT2D eigenvalue weighted by Crippen LogP contribution is 2.17. The molecule has 0 saturated heterocycles. The van der Waals surface area contributed by atoms with E-state index < -0.39 is 5.69 Å². The molecule has 0 aliphatic carbocycles. The average Bonchev–Trinajstić information content (AvgIpc) is 2.19. The van der Waals surface area contributed by atoms with Crippen molar-refractivity contribution < 1.29 is 0 Å². The summed E-state index contributed by atoms with van der Waals surface area (Å²) in [7, 11) is 0. The normalized spacial score (nSPS) is 10.4. The standard InChI is InChI=1S/C10H9ClN4O/c1-6-4-7(11)2-3-8(6)15-5-13-9(12)14-10(15)16/h2-5H,1H3,(H2,12,14,16). The van der Waals surface area contributed by atoms with E-state index in [2.05, 4.69) is 9.97 Å². The lowest BCUT2D eigenvalue weighted by Gasteiger charge is -2.07. The summed E-state index contributed by atoms with van der Waals surface area (Å²) in [6, 6.07) is 5.20. The second-order valence-corrected chi connectivity index (χ2v) is 3.73. The first-order chi connectivity index (χ1) is 7.58. The van der Waals surface area contributed by atoms with Crippen LogP contribution in [0.3, 0.4) is 0 Å². The lowest BCUT2D eigenvalue weighted by molar-refractivity contribution is 0.862. The van der Waals surface area contributed by atoms with Gasteiger partial charge in [-0.1, -0.05) is 11.6 Å². The molecule has 0 aliphatic heterocycles. The molecule has 0 amide bonds. The Hall–Kier alpha value is -1.88. The molecule has 5 nitrogen and oxygen atoms in total. The summed E-state index contributed by atoms with van der Waals surface area (Å²) in [6.07, 6.45) is 1.35. The van der Waals surface area contributed by atoms with Gasteiger partial charge in [-0.05, 0) is 30.7 Å². The summed E-state index contributed by atoms with van der Waals surface area (Å²) in [5.74, 6) is -0.0344. The van der Waals surface area contributed by atoms with Crippen molar-refractivity contribution in [2.45, 2.75) is 6.92 Å². The predicted molar refractivity (Wildman–Crippen MR) is 61.8 cm³/mol. The maximum absolute atomic E-state index is 11.6. The SMILES string of the molecule is Cc1cc(Cl)ccc1-n1cnc(N)nc1=O. The van der Waals surface area contributed by atoms with Crippen molar-refractivity contribution >= 4 is 17.5 Å². The Balaban J connectivity index is 2.63. The Morgan fingerprint density at radius 1 is 1.44 bits per heavy atom. The molecule has 0 fully saturated rings. The number of rotatable bonds is 1. The molecule has 2 N–H and O–H groups in total. The van der Waals surface area contributed by atoms with E-state index in [1.165, 1.54) is 10.9 Å². The molecular weight excluding hydrogens is 228 g/mol. The number of nitrogens with two attached hydrogens (primary N) is 1. The zero-order valence-electron chi connectivity index (χ0n) is 8.51. The number of anilines is 1. The predicted octanol–water partition coefficient (Wildman–Crippen LogP) is 1.17. The van der Waals surface area contributed by atoms with Gasteiger partial charge < -0.3 is 5.73 Å². The van der Waals surface area contributed by atoms with Crippen molar-refractivity contribution in [2.75, 3.05) is 5.73 Å². The third-order valence-electron chi connectivity index (χ3n) is 2.14. The van der Waals surface area contributed by atoms with Gasteiger partial charge in [0, 0.05) is 5.02 Å². The van der Waals surface area contributed by atoms with Crippen LogP contribution in [0.5, 0.6) is 0 Å². The van der Waals surface area contributed by atoms with Crippen LogP contribution in [0.4, 0.5) is 5.95 Å². The number of nitrogens with zero attached hydrogens (tertiary/aromatic N) is 3. The number of halogens is 1. The van der Waals surface area contributed by atoms with E-state index in [0.29, 0.717) is 10.7 Å². The fraction of sp³-hybridized carbons (Fsp3) is 0.100. The van der Waals surface area contributed by atoms with Gasteiger partial charge in [-0.2, -0.15) is 4.98 Å². The smallest absolute Gasteiger partial charge is 0.356 e. The topological polar surface area (TPSA) is 73.8 Å². The van der Waals surface area contributed by atoms with Crippen molar-refractivity contribution in [1.29, 1.82) is 0 Å². The molecule has 0 bridgehead atoms. The molecule has 0 unspecified atom stereocenters. The largest absolute Gasteiger partial charge is 0.368 e. The van der Waals surface area contributed by atoms with Crippen LogP contribution in [0.1, 0.15) is 5.56 Å². The third-order valence-corrected chi connectivity index (χ3v) is 2.38. The van der Waals surface area contributed by atoms with Crippen LogP contribution in [0.25, 0.3) is 5.69 Å². The van der Waals surface area contributed by atoms with Crippen molar-refractivity contribution in [3.05, 3.63) is 45.6 Å². The van der Waals surface area contributed by atoms with E-state index in [9.17, 15) is 4.79 Å². The van der Waals surface area contributed by atoms with E-state index in [0.717, 1.165) is 5.56 Å². The van der Waals surface area contributed by atoms with Crippen LogP contribution >= 0.6 is 11.6 Å². The first-order valence-corrected chi connectivity index (χ1v) is 4.93. The third kappa shape index (κ3) is 1.90.